The molecule has 2 aromatic carbocycles. The number of aromatic nitrogens is 1. The molecule has 3 aromatic rings. The normalized spacial score (nSPS) is 21.3. The molecule has 2 atom stereocenters. The molecule has 6 nitrogen and oxygen atoms in total. The number of benzene rings is 2. The number of nitrogens with zero attached hydrogens (tertiary/aromatic N) is 3. The van der Waals surface area contributed by atoms with E-state index in [0.29, 0.717) is 5.02 Å². The van der Waals surface area contributed by atoms with Crippen molar-refractivity contribution in [2.75, 3.05) is 6.79 Å². The third-order valence-electron chi connectivity index (χ3n) is 5.43. The van der Waals surface area contributed by atoms with Crippen molar-refractivity contribution in [1.82, 2.24) is 9.99 Å². The second-order valence-electron chi connectivity index (χ2n) is 7.15. The molecule has 0 saturated carbocycles. The highest BCUT2D eigenvalue weighted by molar-refractivity contribution is 6.30. The first-order chi connectivity index (χ1) is 14.3. The van der Waals surface area contributed by atoms with Gasteiger partial charge < -0.3 is 14.2 Å². The van der Waals surface area contributed by atoms with Gasteiger partial charge >= 0.3 is 0 Å². The molecule has 0 radical (unpaired) electrons. The van der Waals surface area contributed by atoms with Gasteiger partial charge in [0.15, 0.2) is 11.5 Å². The van der Waals surface area contributed by atoms with E-state index in [2.05, 4.69) is 4.98 Å². The molecule has 0 spiro atoms. The molecule has 6 rings (SSSR count). The van der Waals surface area contributed by atoms with Crippen molar-refractivity contribution in [3.05, 3.63) is 82.6 Å². The topological polar surface area (TPSA) is 56.2 Å². The summed E-state index contributed by atoms with van der Waals surface area (Å²) in [5.41, 5.74) is 3.97. The smallest absolute Gasteiger partial charge is 0.231 e. The van der Waals surface area contributed by atoms with Crippen molar-refractivity contribution < 1.29 is 14.2 Å². The van der Waals surface area contributed by atoms with Crippen molar-refractivity contribution in [2.45, 2.75) is 18.7 Å². The SMILES string of the molecule is Clc1ccc2c(c1)[C@@H]1CC(c3ccc4c(c3)OCO4)=NN1[C@@H](c1cccnc1)O2. The summed E-state index contributed by atoms with van der Waals surface area (Å²) in [7, 11) is 0. The Morgan fingerprint density at radius 3 is 2.79 bits per heavy atom. The molecule has 3 aliphatic rings. The number of hydrazone groups is 1. The molecule has 0 unspecified atom stereocenters. The summed E-state index contributed by atoms with van der Waals surface area (Å²) in [5.74, 6) is 2.34. The van der Waals surface area contributed by atoms with Crippen LogP contribution in [0.4, 0.5) is 0 Å². The third-order valence-corrected chi connectivity index (χ3v) is 5.66. The summed E-state index contributed by atoms with van der Waals surface area (Å²) in [4.78, 5) is 4.25. The van der Waals surface area contributed by atoms with Crippen LogP contribution in [0, 0.1) is 0 Å². The van der Waals surface area contributed by atoms with Gasteiger partial charge in [0.1, 0.15) is 5.75 Å². The maximum atomic E-state index is 6.32. The lowest BCUT2D eigenvalue weighted by atomic mass is 9.96. The monoisotopic (exact) mass is 405 g/mol. The summed E-state index contributed by atoms with van der Waals surface area (Å²) < 4.78 is 17.3. The lowest BCUT2D eigenvalue weighted by Crippen LogP contribution is -2.33. The molecule has 3 aliphatic heterocycles. The standard InChI is InChI=1S/C22H16ClN3O3/c23-15-4-6-19-16(9-15)18-10-17(13-3-5-20-21(8-13)28-12-27-20)25-26(18)22(29-19)14-2-1-7-24-11-14/h1-9,11,18,22H,10,12H2/t18-,22+/m0/s1. The van der Waals surface area contributed by atoms with Crippen LogP contribution in [-0.2, 0) is 0 Å². The Morgan fingerprint density at radius 1 is 1.00 bits per heavy atom. The molecule has 4 heterocycles. The lowest BCUT2D eigenvalue weighted by Gasteiger charge is -2.38. The van der Waals surface area contributed by atoms with E-state index in [4.69, 9.17) is 30.9 Å². The quantitative estimate of drug-likeness (QED) is 0.618. The Kier molecular flexibility index (Phi) is 3.67. The predicted molar refractivity (Wildman–Crippen MR) is 107 cm³/mol. The summed E-state index contributed by atoms with van der Waals surface area (Å²) in [6.07, 6.45) is 3.96. The highest BCUT2D eigenvalue weighted by Crippen LogP contribution is 2.48. The predicted octanol–water partition coefficient (Wildman–Crippen LogP) is 4.71. The second-order valence-corrected chi connectivity index (χ2v) is 7.59. The van der Waals surface area contributed by atoms with Crippen LogP contribution in [0.25, 0.3) is 0 Å². The number of halogens is 1. The maximum absolute atomic E-state index is 6.32. The summed E-state index contributed by atoms with van der Waals surface area (Å²) in [5, 5.41) is 7.64. The highest BCUT2D eigenvalue weighted by Gasteiger charge is 2.41. The Balaban J connectivity index is 1.44. The first-order valence-corrected chi connectivity index (χ1v) is 9.76. The van der Waals surface area contributed by atoms with Gasteiger partial charge in [0.25, 0.3) is 0 Å². The van der Waals surface area contributed by atoms with Gasteiger partial charge in [-0.25, -0.2) is 5.01 Å². The molecule has 0 N–H and O–H groups in total. The van der Waals surface area contributed by atoms with E-state index in [-0.39, 0.29) is 19.1 Å². The Labute approximate surface area is 172 Å². The minimum atomic E-state index is -0.353. The molecule has 29 heavy (non-hydrogen) atoms. The Hall–Kier alpha value is -3.25. The lowest BCUT2D eigenvalue weighted by molar-refractivity contribution is -0.0192. The number of pyridine rings is 1. The number of ether oxygens (including phenoxy) is 3. The van der Waals surface area contributed by atoms with Crippen LogP contribution in [0.1, 0.15) is 35.4 Å². The number of rotatable bonds is 2. The fraction of sp³-hybridized carbons (Fsp3) is 0.182. The van der Waals surface area contributed by atoms with E-state index in [1.807, 2.05) is 59.7 Å². The average Bonchev–Trinajstić information content (AvgIpc) is 3.40. The van der Waals surface area contributed by atoms with Crippen LogP contribution in [-0.4, -0.2) is 22.5 Å². The molecular formula is C22H16ClN3O3. The van der Waals surface area contributed by atoms with Crippen molar-refractivity contribution in [2.24, 2.45) is 5.10 Å². The Bertz CT molecular complexity index is 1140. The van der Waals surface area contributed by atoms with Crippen molar-refractivity contribution in [3.63, 3.8) is 0 Å². The zero-order valence-electron chi connectivity index (χ0n) is 15.3. The molecule has 0 bridgehead atoms. The van der Waals surface area contributed by atoms with E-state index >= 15 is 0 Å². The minimum Gasteiger partial charge on any atom is -0.464 e. The van der Waals surface area contributed by atoms with Crippen LogP contribution < -0.4 is 14.2 Å². The van der Waals surface area contributed by atoms with Crippen LogP contribution in [0.5, 0.6) is 17.2 Å². The number of hydrogen-bond acceptors (Lipinski definition) is 6. The molecule has 7 heteroatoms. The van der Waals surface area contributed by atoms with Gasteiger partial charge in [-0.2, -0.15) is 5.10 Å². The van der Waals surface area contributed by atoms with Gasteiger partial charge in [0.2, 0.25) is 13.0 Å². The fourth-order valence-electron chi connectivity index (χ4n) is 4.05. The first-order valence-electron chi connectivity index (χ1n) is 9.38. The largest absolute Gasteiger partial charge is 0.464 e. The van der Waals surface area contributed by atoms with Gasteiger partial charge in [-0.15, -0.1) is 0 Å². The molecule has 0 amide bonds. The van der Waals surface area contributed by atoms with Crippen molar-refractivity contribution in [3.8, 4) is 17.2 Å². The van der Waals surface area contributed by atoms with E-state index in [1.54, 1.807) is 6.20 Å². The van der Waals surface area contributed by atoms with Crippen LogP contribution in [0.3, 0.4) is 0 Å². The van der Waals surface area contributed by atoms with Crippen LogP contribution in [0.15, 0.2) is 66.0 Å². The average molecular weight is 406 g/mol. The van der Waals surface area contributed by atoms with Crippen LogP contribution in [0.2, 0.25) is 5.02 Å². The van der Waals surface area contributed by atoms with Crippen LogP contribution >= 0.6 is 11.6 Å². The molecule has 0 aliphatic carbocycles. The molecule has 1 aromatic heterocycles. The van der Waals surface area contributed by atoms with Crippen molar-refractivity contribution in [1.29, 1.82) is 0 Å². The Morgan fingerprint density at radius 2 is 1.90 bits per heavy atom. The van der Waals surface area contributed by atoms with E-state index in [9.17, 15) is 0 Å². The summed E-state index contributed by atoms with van der Waals surface area (Å²) in [6.45, 7) is 0.253. The number of hydrogen-bond donors (Lipinski definition) is 0. The molecule has 144 valence electrons. The first kappa shape index (κ1) is 16.7. The maximum Gasteiger partial charge on any atom is 0.231 e. The van der Waals surface area contributed by atoms with Crippen molar-refractivity contribution >= 4 is 17.3 Å². The zero-order chi connectivity index (χ0) is 19.4. The van der Waals surface area contributed by atoms with E-state index < -0.39 is 0 Å². The molecule has 0 fully saturated rings. The fourth-order valence-corrected chi connectivity index (χ4v) is 4.23. The van der Waals surface area contributed by atoms with Gasteiger partial charge in [-0.05, 0) is 42.5 Å². The highest BCUT2D eigenvalue weighted by atomic mass is 35.5. The molecular weight excluding hydrogens is 390 g/mol. The minimum absolute atomic E-state index is 0.0306. The molecule has 0 saturated heterocycles. The second kappa shape index (κ2) is 6.39. The zero-order valence-corrected chi connectivity index (χ0v) is 16.0. The number of fused-ring (bicyclic) bond motifs is 4. The third kappa shape index (κ3) is 2.71. The van der Waals surface area contributed by atoms with E-state index in [1.165, 1.54) is 0 Å². The van der Waals surface area contributed by atoms with Gasteiger partial charge in [-0.1, -0.05) is 17.7 Å². The van der Waals surface area contributed by atoms with E-state index in [0.717, 1.165) is 46.1 Å². The van der Waals surface area contributed by atoms with Gasteiger partial charge in [-0.3, -0.25) is 4.98 Å². The van der Waals surface area contributed by atoms with Gasteiger partial charge in [0.05, 0.1) is 11.8 Å². The summed E-state index contributed by atoms with van der Waals surface area (Å²) in [6, 6.07) is 15.6. The van der Waals surface area contributed by atoms with Gasteiger partial charge in [0, 0.05) is 40.5 Å². The summed E-state index contributed by atoms with van der Waals surface area (Å²) >= 11 is 6.29.